The Kier molecular flexibility index (Phi) is 5.04. The Labute approximate surface area is 146 Å². The largest absolute Gasteiger partial charge is 0.483 e. The number of ether oxygens (including phenoxy) is 1. The molecule has 1 aliphatic carbocycles. The van der Waals surface area contributed by atoms with Gasteiger partial charge in [0, 0.05) is 12.5 Å². The molecule has 2 nitrogen and oxygen atoms in total. The van der Waals surface area contributed by atoms with Gasteiger partial charge in [-0.15, -0.1) is 0 Å². The van der Waals surface area contributed by atoms with Crippen LogP contribution >= 0.6 is 0 Å². The molecule has 0 radical (unpaired) electrons. The van der Waals surface area contributed by atoms with Gasteiger partial charge in [0.15, 0.2) is 0 Å². The molecule has 0 aromatic heterocycles. The minimum atomic E-state index is -4.38. The van der Waals surface area contributed by atoms with E-state index in [1.54, 1.807) is 6.07 Å². The predicted molar refractivity (Wildman–Crippen MR) is 91.5 cm³/mol. The summed E-state index contributed by atoms with van der Waals surface area (Å²) in [7, 11) is 0. The fourth-order valence-electron chi connectivity index (χ4n) is 2.84. The smallest absolute Gasteiger partial charge is 0.416 e. The number of nitrogens with one attached hydrogen (secondary N) is 1. The van der Waals surface area contributed by atoms with Gasteiger partial charge >= 0.3 is 6.18 Å². The van der Waals surface area contributed by atoms with E-state index in [0.717, 1.165) is 24.2 Å². The lowest BCUT2D eigenvalue weighted by molar-refractivity contribution is -0.137. The summed E-state index contributed by atoms with van der Waals surface area (Å²) in [6, 6.07) is 15.3. The minimum Gasteiger partial charge on any atom is -0.483 e. The zero-order chi connectivity index (χ0) is 17.9. The Morgan fingerprint density at radius 1 is 1.00 bits per heavy atom. The maximum absolute atomic E-state index is 13.0. The van der Waals surface area contributed by atoms with Gasteiger partial charge in [0.25, 0.3) is 0 Å². The van der Waals surface area contributed by atoms with Crippen molar-refractivity contribution in [3.05, 3.63) is 65.7 Å². The van der Waals surface area contributed by atoms with E-state index < -0.39 is 17.3 Å². The predicted octanol–water partition coefficient (Wildman–Crippen LogP) is 5.14. The van der Waals surface area contributed by atoms with Gasteiger partial charge < -0.3 is 10.1 Å². The first-order chi connectivity index (χ1) is 11.9. The third-order valence-corrected chi connectivity index (χ3v) is 4.50. The summed E-state index contributed by atoms with van der Waals surface area (Å²) in [6.45, 7) is 2.69. The fourth-order valence-corrected chi connectivity index (χ4v) is 2.84. The van der Waals surface area contributed by atoms with Crippen molar-refractivity contribution >= 4 is 0 Å². The highest BCUT2D eigenvalue weighted by Gasteiger charge is 2.33. The molecule has 3 rings (SSSR count). The molecule has 1 saturated carbocycles. The van der Waals surface area contributed by atoms with Crippen molar-refractivity contribution in [2.75, 3.05) is 6.54 Å². The van der Waals surface area contributed by atoms with Crippen molar-refractivity contribution in [3.63, 3.8) is 0 Å². The zero-order valence-corrected chi connectivity index (χ0v) is 14.1. The molecule has 5 heteroatoms. The van der Waals surface area contributed by atoms with E-state index >= 15 is 0 Å². The first-order valence-corrected chi connectivity index (χ1v) is 8.52. The standard InChI is InChI=1S/C20H22F3NO/c1-19(12-13-24-17-10-11-17,15-6-3-2-4-7-15)25-18-9-5-8-16(14-18)20(21,22)23/h2-9,14,17,24H,10-13H2,1H3. The summed E-state index contributed by atoms with van der Waals surface area (Å²) in [5, 5.41) is 3.44. The highest BCUT2D eigenvalue weighted by molar-refractivity contribution is 5.32. The van der Waals surface area contributed by atoms with Crippen LogP contribution in [0, 0.1) is 0 Å². The van der Waals surface area contributed by atoms with E-state index in [0.29, 0.717) is 12.5 Å². The van der Waals surface area contributed by atoms with Crippen molar-refractivity contribution in [1.82, 2.24) is 5.32 Å². The van der Waals surface area contributed by atoms with Crippen LogP contribution in [0.1, 0.15) is 37.3 Å². The minimum absolute atomic E-state index is 0.229. The lowest BCUT2D eigenvalue weighted by Crippen LogP contribution is -2.34. The third kappa shape index (κ3) is 4.75. The van der Waals surface area contributed by atoms with Crippen LogP contribution in [0.25, 0.3) is 0 Å². The first-order valence-electron chi connectivity index (χ1n) is 8.52. The van der Waals surface area contributed by atoms with Gasteiger partial charge in [0.2, 0.25) is 0 Å². The summed E-state index contributed by atoms with van der Waals surface area (Å²) in [4.78, 5) is 0. The van der Waals surface area contributed by atoms with E-state index in [1.807, 2.05) is 37.3 Å². The van der Waals surface area contributed by atoms with Gasteiger partial charge in [0.05, 0.1) is 5.56 Å². The van der Waals surface area contributed by atoms with Crippen LogP contribution in [0.2, 0.25) is 0 Å². The Morgan fingerprint density at radius 2 is 1.68 bits per heavy atom. The fraction of sp³-hybridized carbons (Fsp3) is 0.400. The monoisotopic (exact) mass is 349 g/mol. The molecule has 0 bridgehead atoms. The van der Waals surface area contributed by atoms with Gasteiger partial charge in [-0.25, -0.2) is 0 Å². The molecule has 2 aromatic rings. The molecule has 0 amide bonds. The highest BCUT2D eigenvalue weighted by Crippen LogP contribution is 2.35. The summed E-state index contributed by atoms with van der Waals surface area (Å²) in [5.74, 6) is 0.229. The van der Waals surface area contributed by atoms with E-state index in [1.165, 1.54) is 18.9 Å². The summed E-state index contributed by atoms with van der Waals surface area (Å²) >= 11 is 0. The molecule has 25 heavy (non-hydrogen) atoms. The Bertz CT molecular complexity index is 698. The van der Waals surface area contributed by atoms with Gasteiger partial charge in [0.1, 0.15) is 11.4 Å². The lowest BCUT2D eigenvalue weighted by Gasteiger charge is -2.32. The number of alkyl halides is 3. The van der Waals surface area contributed by atoms with Gasteiger partial charge in [-0.3, -0.25) is 0 Å². The van der Waals surface area contributed by atoms with Crippen LogP contribution in [0.15, 0.2) is 54.6 Å². The summed E-state index contributed by atoms with van der Waals surface area (Å²) < 4.78 is 45.0. The summed E-state index contributed by atoms with van der Waals surface area (Å²) in [6.07, 6.45) is -1.33. The number of benzene rings is 2. The lowest BCUT2D eigenvalue weighted by atomic mass is 9.92. The quantitative estimate of drug-likeness (QED) is 0.747. The van der Waals surface area contributed by atoms with E-state index in [4.69, 9.17) is 4.74 Å². The number of hydrogen-bond donors (Lipinski definition) is 1. The molecule has 0 saturated heterocycles. The van der Waals surface area contributed by atoms with E-state index in [2.05, 4.69) is 5.32 Å². The molecule has 1 unspecified atom stereocenters. The molecule has 134 valence electrons. The van der Waals surface area contributed by atoms with E-state index in [-0.39, 0.29) is 5.75 Å². The second kappa shape index (κ2) is 7.08. The zero-order valence-electron chi connectivity index (χ0n) is 14.1. The van der Waals surface area contributed by atoms with Crippen LogP contribution in [0.5, 0.6) is 5.75 Å². The van der Waals surface area contributed by atoms with Crippen molar-refractivity contribution in [3.8, 4) is 5.75 Å². The van der Waals surface area contributed by atoms with Crippen LogP contribution < -0.4 is 10.1 Å². The van der Waals surface area contributed by atoms with Crippen molar-refractivity contribution in [2.24, 2.45) is 0 Å². The number of hydrogen-bond acceptors (Lipinski definition) is 2. The third-order valence-electron chi connectivity index (χ3n) is 4.50. The van der Waals surface area contributed by atoms with Gasteiger partial charge in [-0.05, 0) is 50.1 Å². The molecule has 2 aromatic carbocycles. The average Bonchev–Trinajstić information content (AvgIpc) is 3.39. The average molecular weight is 349 g/mol. The van der Waals surface area contributed by atoms with Crippen LogP contribution in [-0.2, 0) is 11.8 Å². The highest BCUT2D eigenvalue weighted by atomic mass is 19.4. The molecule has 1 aliphatic rings. The topological polar surface area (TPSA) is 21.3 Å². The van der Waals surface area contributed by atoms with Crippen LogP contribution in [0.3, 0.4) is 0 Å². The molecular formula is C20H22F3NO. The van der Waals surface area contributed by atoms with Crippen molar-refractivity contribution < 1.29 is 17.9 Å². The van der Waals surface area contributed by atoms with Gasteiger partial charge in [-0.1, -0.05) is 36.4 Å². The Morgan fingerprint density at radius 3 is 2.32 bits per heavy atom. The van der Waals surface area contributed by atoms with Crippen LogP contribution in [0.4, 0.5) is 13.2 Å². The van der Waals surface area contributed by atoms with Gasteiger partial charge in [-0.2, -0.15) is 13.2 Å². The summed E-state index contributed by atoms with van der Waals surface area (Å²) in [5.41, 5.74) is -0.450. The number of halogens is 3. The molecule has 0 aliphatic heterocycles. The molecule has 1 atom stereocenters. The first kappa shape index (κ1) is 17.8. The molecular weight excluding hydrogens is 327 g/mol. The molecule has 0 spiro atoms. The SMILES string of the molecule is CC(CCNC1CC1)(Oc1cccc(C(F)(F)F)c1)c1ccccc1. The maximum atomic E-state index is 13.0. The normalized spacial score (nSPS) is 17.1. The second-order valence-corrected chi connectivity index (χ2v) is 6.70. The Balaban J connectivity index is 1.81. The molecule has 1 fully saturated rings. The number of rotatable bonds is 7. The van der Waals surface area contributed by atoms with Crippen molar-refractivity contribution in [2.45, 2.75) is 44.0 Å². The second-order valence-electron chi connectivity index (χ2n) is 6.70. The van der Waals surface area contributed by atoms with Crippen LogP contribution in [-0.4, -0.2) is 12.6 Å². The van der Waals surface area contributed by atoms with E-state index in [9.17, 15) is 13.2 Å². The molecule has 1 N–H and O–H groups in total. The van der Waals surface area contributed by atoms with Crippen molar-refractivity contribution in [1.29, 1.82) is 0 Å². The molecule has 0 heterocycles. The Hall–Kier alpha value is -2.01. The maximum Gasteiger partial charge on any atom is 0.416 e.